The standard InChI is InChI=1S/C6H12O4/c1-3-5(8)6(9)4(7)2-10-3/h3-9H,2H2,1H3/t3?,4-,5-,6-/m0/s1. The van der Waals surface area contributed by atoms with Gasteiger partial charge in [-0.05, 0) is 6.92 Å². The molecule has 4 nitrogen and oxygen atoms in total. The number of ether oxygens (including phenoxy) is 1. The number of rotatable bonds is 0. The van der Waals surface area contributed by atoms with Crippen molar-refractivity contribution >= 4 is 0 Å². The zero-order valence-electron chi connectivity index (χ0n) is 5.77. The molecule has 1 aliphatic rings. The first-order chi connectivity index (χ1) is 4.63. The highest BCUT2D eigenvalue weighted by Gasteiger charge is 2.34. The van der Waals surface area contributed by atoms with Gasteiger partial charge in [-0.3, -0.25) is 0 Å². The summed E-state index contributed by atoms with van der Waals surface area (Å²) in [5, 5.41) is 27.0. The van der Waals surface area contributed by atoms with E-state index in [2.05, 4.69) is 0 Å². The highest BCUT2D eigenvalue weighted by molar-refractivity contribution is 4.83. The van der Waals surface area contributed by atoms with E-state index in [1.807, 2.05) is 0 Å². The summed E-state index contributed by atoms with van der Waals surface area (Å²) in [5.74, 6) is 0. The van der Waals surface area contributed by atoms with Crippen molar-refractivity contribution in [2.24, 2.45) is 0 Å². The van der Waals surface area contributed by atoms with Gasteiger partial charge in [0.25, 0.3) is 0 Å². The Hall–Kier alpha value is -0.160. The Morgan fingerprint density at radius 1 is 1.20 bits per heavy atom. The number of hydrogen-bond acceptors (Lipinski definition) is 4. The molecule has 0 spiro atoms. The van der Waals surface area contributed by atoms with Gasteiger partial charge in [0.15, 0.2) is 0 Å². The van der Waals surface area contributed by atoms with Gasteiger partial charge in [0.05, 0.1) is 12.7 Å². The highest BCUT2D eigenvalue weighted by Crippen LogP contribution is 2.14. The third kappa shape index (κ3) is 1.29. The van der Waals surface area contributed by atoms with E-state index in [1.165, 1.54) is 0 Å². The summed E-state index contributed by atoms with van der Waals surface area (Å²) in [6, 6.07) is 0. The Kier molecular flexibility index (Phi) is 2.25. The van der Waals surface area contributed by atoms with Crippen molar-refractivity contribution in [1.29, 1.82) is 0 Å². The van der Waals surface area contributed by atoms with Crippen LogP contribution in [0.5, 0.6) is 0 Å². The first-order valence-corrected chi connectivity index (χ1v) is 3.28. The minimum atomic E-state index is -1.07. The van der Waals surface area contributed by atoms with Crippen molar-refractivity contribution < 1.29 is 20.1 Å². The maximum atomic E-state index is 9.08. The van der Waals surface area contributed by atoms with E-state index < -0.39 is 24.4 Å². The Balaban J connectivity index is 2.52. The van der Waals surface area contributed by atoms with Gasteiger partial charge in [-0.25, -0.2) is 0 Å². The molecule has 1 fully saturated rings. The summed E-state index contributed by atoms with van der Waals surface area (Å²) in [6.45, 7) is 1.75. The zero-order chi connectivity index (χ0) is 7.72. The van der Waals surface area contributed by atoms with E-state index >= 15 is 0 Å². The summed E-state index contributed by atoms with van der Waals surface area (Å²) in [7, 11) is 0. The van der Waals surface area contributed by atoms with Crippen LogP contribution in [0.25, 0.3) is 0 Å². The zero-order valence-corrected chi connectivity index (χ0v) is 5.77. The molecule has 0 amide bonds. The first kappa shape index (κ1) is 7.94. The maximum absolute atomic E-state index is 9.08. The summed E-state index contributed by atoms with van der Waals surface area (Å²) in [4.78, 5) is 0. The maximum Gasteiger partial charge on any atom is 0.110 e. The molecule has 0 radical (unpaired) electrons. The average Bonchev–Trinajstić information content (AvgIpc) is 1.93. The van der Waals surface area contributed by atoms with Crippen molar-refractivity contribution in [3.05, 3.63) is 0 Å². The predicted octanol–water partition coefficient (Wildman–Crippen LogP) is -1.51. The molecule has 0 aromatic carbocycles. The van der Waals surface area contributed by atoms with Crippen molar-refractivity contribution in [2.45, 2.75) is 31.3 Å². The molecule has 3 N–H and O–H groups in total. The van der Waals surface area contributed by atoms with Gasteiger partial charge in [-0.2, -0.15) is 0 Å². The Morgan fingerprint density at radius 3 is 2.30 bits per heavy atom. The molecule has 0 aromatic rings. The molecule has 4 atom stereocenters. The molecule has 4 heteroatoms. The van der Waals surface area contributed by atoms with E-state index in [0.717, 1.165) is 0 Å². The molecule has 0 saturated carbocycles. The topological polar surface area (TPSA) is 69.9 Å². The normalized spacial score (nSPS) is 49.2. The summed E-state index contributed by atoms with van der Waals surface area (Å²) < 4.78 is 4.91. The second-order valence-corrected chi connectivity index (χ2v) is 2.59. The van der Waals surface area contributed by atoms with Gasteiger partial charge in [-0.1, -0.05) is 0 Å². The Labute approximate surface area is 59.1 Å². The van der Waals surface area contributed by atoms with E-state index in [1.54, 1.807) is 6.92 Å². The SMILES string of the molecule is CC1OC[C@H](O)[C@H](O)[C@H]1O. The van der Waals surface area contributed by atoms with Crippen LogP contribution in [0.1, 0.15) is 6.92 Å². The lowest BCUT2D eigenvalue weighted by Gasteiger charge is -2.33. The Morgan fingerprint density at radius 2 is 1.80 bits per heavy atom. The summed E-state index contributed by atoms with van der Waals surface area (Å²) in [6.07, 6.45) is -3.38. The van der Waals surface area contributed by atoms with Gasteiger partial charge in [-0.15, -0.1) is 0 Å². The van der Waals surface area contributed by atoms with Gasteiger partial charge in [0.1, 0.15) is 18.3 Å². The fourth-order valence-electron chi connectivity index (χ4n) is 0.953. The number of hydrogen-bond donors (Lipinski definition) is 3. The molecule has 60 valence electrons. The van der Waals surface area contributed by atoms with Crippen LogP contribution in [-0.2, 0) is 4.74 Å². The summed E-state index contributed by atoms with van der Waals surface area (Å²) in [5.41, 5.74) is 0. The lowest BCUT2D eigenvalue weighted by atomic mass is 10.0. The van der Waals surface area contributed by atoms with E-state index in [4.69, 9.17) is 20.1 Å². The van der Waals surface area contributed by atoms with Gasteiger partial charge in [0, 0.05) is 0 Å². The van der Waals surface area contributed by atoms with Crippen LogP contribution < -0.4 is 0 Å². The molecule has 1 aliphatic heterocycles. The second kappa shape index (κ2) is 2.84. The molecular weight excluding hydrogens is 136 g/mol. The number of aliphatic hydroxyl groups is 3. The largest absolute Gasteiger partial charge is 0.388 e. The Bertz CT molecular complexity index is 102. The van der Waals surface area contributed by atoms with E-state index in [0.29, 0.717) is 0 Å². The van der Waals surface area contributed by atoms with Gasteiger partial charge in [0.2, 0.25) is 0 Å². The molecule has 1 unspecified atom stereocenters. The average molecular weight is 148 g/mol. The van der Waals surface area contributed by atoms with Gasteiger partial charge < -0.3 is 20.1 Å². The molecule has 0 aliphatic carbocycles. The van der Waals surface area contributed by atoms with Crippen LogP contribution in [0.15, 0.2) is 0 Å². The van der Waals surface area contributed by atoms with E-state index in [9.17, 15) is 0 Å². The molecular formula is C6H12O4. The molecule has 1 saturated heterocycles. The van der Waals surface area contributed by atoms with Crippen LogP contribution in [0, 0.1) is 0 Å². The summed E-state index contributed by atoms with van der Waals surface area (Å²) >= 11 is 0. The van der Waals surface area contributed by atoms with Crippen LogP contribution >= 0.6 is 0 Å². The van der Waals surface area contributed by atoms with Crippen LogP contribution in [-0.4, -0.2) is 46.3 Å². The fraction of sp³-hybridized carbons (Fsp3) is 1.00. The first-order valence-electron chi connectivity index (χ1n) is 3.28. The lowest BCUT2D eigenvalue weighted by Crippen LogP contribution is -2.51. The van der Waals surface area contributed by atoms with Crippen molar-refractivity contribution in [3.8, 4) is 0 Å². The minimum Gasteiger partial charge on any atom is -0.388 e. The fourth-order valence-corrected chi connectivity index (χ4v) is 0.953. The highest BCUT2D eigenvalue weighted by atomic mass is 16.5. The third-order valence-corrected chi connectivity index (χ3v) is 1.75. The molecule has 1 heterocycles. The van der Waals surface area contributed by atoms with Crippen LogP contribution in [0.2, 0.25) is 0 Å². The third-order valence-electron chi connectivity index (χ3n) is 1.75. The molecule has 10 heavy (non-hydrogen) atoms. The monoisotopic (exact) mass is 148 g/mol. The van der Waals surface area contributed by atoms with E-state index in [-0.39, 0.29) is 6.61 Å². The molecule has 0 aromatic heterocycles. The smallest absolute Gasteiger partial charge is 0.110 e. The molecule has 0 bridgehead atoms. The predicted molar refractivity (Wildman–Crippen MR) is 33.4 cm³/mol. The van der Waals surface area contributed by atoms with Crippen LogP contribution in [0.3, 0.4) is 0 Å². The van der Waals surface area contributed by atoms with Crippen LogP contribution in [0.4, 0.5) is 0 Å². The second-order valence-electron chi connectivity index (χ2n) is 2.59. The lowest BCUT2D eigenvalue weighted by molar-refractivity contribution is -0.181. The molecule has 1 rings (SSSR count). The van der Waals surface area contributed by atoms with Crippen molar-refractivity contribution in [2.75, 3.05) is 6.61 Å². The van der Waals surface area contributed by atoms with Crippen molar-refractivity contribution in [3.63, 3.8) is 0 Å². The van der Waals surface area contributed by atoms with Gasteiger partial charge >= 0.3 is 0 Å². The van der Waals surface area contributed by atoms with Crippen molar-refractivity contribution in [1.82, 2.24) is 0 Å². The number of aliphatic hydroxyl groups excluding tert-OH is 3. The quantitative estimate of drug-likeness (QED) is 0.390. The minimum absolute atomic E-state index is 0.0966.